The summed E-state index contributed by atoms with van der Waals surface area (Å²) in [5, 5.41) is 13.1. The maximum absolute atomic E-state index is 11.0. The van der Waals surface area contributed by atoms with Gasteiger partial charge in [0.25, 0.3) is 0 Å². The summed E-state index contributed by atoms with van der Waals surface area (Å²) in [6.45, 7) is 5.14. The highest BCUT2D eigenvalue weighted by atomic mass is 16.5. The molecule has 2 rings (SSSR count). The number of rotatable bonds is 9. The molecule has 2 N–H and O–H groups in total. The fourth-order valence-electron chi connectivity index (χ4n) is 2.11. The molecule has 0 aromatic heterocycles. The Bertz CT molecular complexity index is 744. The monoisotopic (exact) mass is 342 g/mol. The number of hydrogen-bond acceptors (Lipinski definition) is 5. The molecule has 0 radical (unpaired) electrons. The number of hydrogen-bond donors (Lipinski definition) is 2. The maximum atomic E-state index is 11.0. The largest absolute Gasteiger partial charge is 0.490 e. The summed E-state index contributed by atoms with van der Waals surface area (Å²) in [6.07, 6.45) is 2.56. The Balaban J connectivity index is 2.08. The van der Waals surface area contributed by atoms with E-state index in [2.05, 4.69) is 10.5 Å². The van der Waals surface area contributed by atoms with Gasteiger partial charge in [-0.25, -0.2) is 4.79 Å². The van der Waals surface area contributed by atoms with E-state index in [0.717, 1.165) is 12.0 Å². The molecule has 25 heavy (non-hydrogen) atoms. The van der Waals surface area contributed by atoms with E-state index in [1.807, 2.05) is 32.0 Å². The van der Waals surface area contributed by atoms with Crippen LogP contribution in [0.3, 0.4) is 0 Å². The molecule has 0 aliphatic rings. The normalized spacial score (nSPS) is 10.6. The summed E-state index contributed by atoms with van der Waals surface area (Å²) in [6, 6.07) is 12.0. The van der Waals surface area contributed by atoms with Gasteiger partial charge in [-0.3, -0.25) is 5.43 Å². The van der Waals surface area contributed by atoms with Crippen molar-refractivity contribution in [3.05, 3.63) is 53.6 Å². The number of aromatic carboxylic acids is 1. The number of benzene rings is 2. The summed E-state index contributed by atoms with van der Waals surface area (Å²) in [5.74, 6) is 0.410. The second-order valence-corrected chi connectivity index (χ2v) is 5.24. The van der Waals surface area contributed by atoms with Crippen LogP contribution in [0.2, 0.25) is 0 Å². The number of hydrazone groups is 1. The minimum absolute atomic E-state index is 0.205. The van der Waals surface area contributed by atoms with Crippen LogP contribution < -0.4 is 14.9 Å². The standard InChI is InChI=1S/C19H22N2O4/c1-3-10-25-17-9-8-14(11-18(17)24-4-2)13-20-21-16-7-5-6-15(12-16)19(22)23/h5-9,11-13,21H,3-4,10H2,1-2H3,(H,22,23)/b20-13+. The first-order valence-corrected chi connectivity index (χ1v) is 8.16. The molecule has 6 nitrogen and oxygen atoms in total. The van der Waals surface area contributed by atoms with Gasteiger partial charge in [0.15, 0.2) is 11.5 Å². The van der Waals surface area contributed by atoms with E-state index >= 15 is 0 Å². The number of nitrogens with zero attached hydrogens (tertiary/aromatic N) is 1. The van der Waals surface area contributed by atoms with Gasteiger partial charge >= 0.3 is 5.97 Å². The fraction of sp³-hybridized carbons (Fsp3) is 0.263. The van der Waals surface area contributed by atoms with Crippen molar-refractivity contribution in [2.24, 2.45) is 5.10 Å². The van der Waals surface area contributed by atoms with Gasteiger partial charge in [-0.1, -0.05) is 13.0 Å². The van der Waals surface area contributed by atoms with E-state index in [4.69, 9.17) is 14.6 Å². The van der Waals surface area contributed by atoms with Gasteiger partial charge in [0.2, 0.25) is 0 Å². The molecule has 0 heterocycles. The van der Waals surface area contributed by atoms with Crippen molar-refractivity contribution in [2.75, 3.05) is 18.6 Å². The van der Waals surface area contributed by atoms with Gasteiger partial charge in [0.1, 0.15) is 0 Å². The molecular formula is C19H22N2O4. The minimum atomic E-state index is -0.975. The van der Waals surface area contributed by atoms with E-state index in [-0.39, 0.29) is 5.56 Å². The molecule has 0 amide bonds. The molecule has 132 valence electrons. The summed E-state index contributed by atoms with van der Waals surface area (Å²) in [5.41, 5.74) is 4.47. The average Bonchev–Trinajstić information content (AvgIpc) is 2.61. The number of carboxylic acid groups (broad SMARTS) is 1. The molecule has 0 atom stereocenters. The lowest BCUT2D eigenvalue weighted by atomic mass is 10.2. The summed E-state index contributed by atoms with van der Waals surface area (Å²) in [4.78, 5) is 11.0. The van der Waals surface area contributed by atoms with Crippen molar-refractivity contribution in [1.82, 2.24) is 0 Å². The quantitative estimate of drug-likeness (QED) is 0.531. The molecule has 0 bridgehead atoms. The molecule has 0 unspecified atom stereocenters. The SMILES string of the molecule is CCCOc1ccc(/C=N/Nc2cccc(C(=O)O)c2)cc1OCC. The molecular weight excluding hydrogens is 320 g/mol. The highest BCUT2D eigenvalue weighted by Crippen LogP contribution is 2.28. The first kappa shape index (κ1) is 18.3. The van der Waals surface area contributed by atoms with Crippen molar-refractivity contribution in [1.29, 1.82) is 0 Å². The van der Waals surface area contributed by atoms with Gasteiger partial charge < -0.3 is 14.6 Å². The highest BCUT2D eigenvalue weighted by molar-refractivity contribution is 5.89. The lowest BCUT2D eigenvalue weighted by molar-refractivity contribution is 0.0697. The van der Waals surface area contributed by atoms with Crippen LogP contribution in [0.25, 0.3) is 0 Å². The topological polar surface area (TPSA) is 80.2 Å². The Hall–Kier alpha value is -3.02. The van der Waals surface area contributed by atoms with Gasteiger partial charge in [0.05, 0.1) is 30.7 Å². The van der Waals surface area contributed by atoms with Crippen LogP contribution in [0.15, 0.2) is 47.6 Å². The van der Waals surface area contributed by atoms with E-state index < -0.39 is 5.97 Å². The summed E-state index contributed by atoms with van der Waals surface area (Å²) < 4.78 is 11.3. The third-order valence-electron chi connectivity index (χ3n) is 3.25. The maximum Gasteiger partial charge on any atom is 0.335 e. The predicted octanol–water partition coefficient (Wildman–Crippen LogP) is 4.02. The van der Waals surface area contributed by atoms with E-state index in [0.29, 0.717) is 30.4 Å². The van der Waals surface area contributed by atoms with Crippen LogP contribution in [0.1, 0.15) is 36.2 Å². The number of carboxylic acids is 1. The van der Waals surface area contributed by atoms with E-state index in [1.165, 1.54) is 12.1 Å². The Morgan fingerprint density at radius 1 is 1.16 bits per heavy atom. The van der Waals surface area contributed by atoms with Crippen molar-refractivity contribution < 1.29 is 19.4 Å². The number of carbonyl (C=O) groups is 1. The average molecular weight is 342 g/mol. The van der Waals surface area contributed by atoms with Crippen LogP contribution in [-0.2, 0) is 0 Å². The van der Waals surface area contributed by atoms with Crippen molar-refractivity contribution in [2.45, 2.75) is 20.3 Å². The number of anilines is 1. The van der Waals surface area contributed by atoms with Crippen molar-refractivity contribution in [3.63, 3.8) is 0 Å². The zero-order chi connectivity index (χ0) is 18.1. The number of ether oxygens (including phenoxy) is 2. The predicted molar refractivity (Wildman–Crippen MR) is 98.0 cm³/mol. The zero-order valence-electron chi connectivity index (χ0n) is 14.4. The highest BCUT2D eigenvalue weighted by Gasteiger charge is 2.06. The molecule has 0 spiro atoms. The van der Waals surface area contributed by atoms with Crippen LogP contribution in [-0.4, -0.2) is 30.5 Å². The van der Waals surface area contributed by atoms with E-state index in [1.54, 1.807) is 18.3 Å². The smallest absolute Gasteiger partial charge is 0.335 e. The van der Waals surface area contributed by atoms with Crippen LogP contribution >= 0.6 is 0 Å². The fourth-order valence-corrected chi connectivity index (χ4v) is 2.11. The minimum Gasteiger partial charge on any atom is -0.490 e. The molecule has 2 aromatic rings. The van der Waals surface area contributed by atoms with Crippen molar-refractivity contribution >= 4 is 17.9 Å². The molecule has 0 aliphatic heterocycles. The first-order valence-electron chi connectivity index (χ1n) is 8.16. The molecule has 0 saturated carbocycles. The van der Waals surface area contributed by atoms with Gasteiger partial charge in [-0.15, -0.1) is 0 Å². The van der Waals surface area contributed by atoms with Gasteiger partial charge in [0, 0.05) is 0 Å². The Kier molecular flexibility index (Phi) is 6.83. The first-order chi connectivity index (χ1) is 12.1. The Labute approximate surface area is 147 Å². The zero-order valence-corrected chi connectivity index (χ0v) is 14.4. The second-order valence-electron chi connectivity index (χ2n) is 5.24. The molecule has 6 heteroatoms. The lowest BCUT2D eigenvalue weighted by Crippen LogP contribution is -2.01. The van der Waals surface area contributed by atoms with Crippen LogP contribution in [0, 0.1) is 0 Å². The summed E-state index contributed by atoms with van der Waals surface area (Å²) >= 11 is 0. The second kappa shape index (κ2) is 9.32. The third kappa shape index (κ3) is 5.53. The van der Waals surface area contributed by atoms with Crippen LogP contribution in [0.5, 0.6) is 11.5 Å². The number of nitrogens with one attached hydrogen (secondary N) is 1. The third-order valence-corrected chi connectivity index (χ3v) is 3.25. The Morgan fingerprint density at radius 2 is 2.00 bits per heavy atom. The Morgan fingerprint density at radius 3 is 2.72 bits per heavy atom. The molecule has 0 saturated heterocycles. The molecule has 0 aliphatic carbocycles. The van der Waals surface area contributed by atoms with Crippen LogP contribution in [0.4, 0.5) is 5.69 Å². The molecule has 2 aromatic carbocycles. The van der Waals surface area contributed by atoms with Gasteiger partial charge in [-0.2, -0.15) is 5.10 Å². The summed E-state index contributed by atoms with van der Waals surface area (Å²) in [7, 11) is 0. The molecule has 0 fully saturated rings. The van der Waals surface area contributed by atoms with Crippen molar-refractivity contribution in [3.8, 4) is 11.5 Å². The lowest BCUT2D eigenvalue weighted by Gasteiger charge is -2.11. The van der Waals surface area contributed by atoms with Gasteiger partial charge in [-0.05, 0) is 55.3 Å². The van der Waals surface area contributed by atoms with E-state index in [9.17, 15) is 4.79 Å².